The van der Waals surface area contributed by atoms with Crippen molar-refractivity contribution in [3.8, 4) is 17.0 Å². The molecule has 39 heavy (non-hydrogen) atoms. The number of benzene rings is 1. The lowest BCUT2D eigenvalue weighted by atomic mass is 9.96. The first-order valence-corrected chi connectivity index (χ1v) is 12.6. The lowest BCUT2D eigenvalue weighted by Crippen LogP contribution is -2.29. The zero-order valence-corrected chi connectivity index (χ0v) is 21.5. The number of likely N-dealkylation sites (N-methyl/N-ethyl adjacent to an activating group) is 1. The van der Waals surface area contributed by atoms with E-state index in [9.17, 15) is 14.7 Å². The number of anilines is 2. The Hall–Kier alpha value is -4.38. The zero-order chi connectivity index (χ0) is 27.7. The Morgan fingerprint density at radius 3 is 2.79 bits per heavy atom. The van der Waals surface area contributed by atoms with Crippen molar-refractivity contribution in [2.45, 2.75) is 37.7 Å². The molecule has 2 heterocycles. The van der Waals surface area contributed by atoms with Crippen molar-refractivity contribution in [3.63, 3.8) is 0 Å². The average molecular weight is 533 g/mol. The van der Waals surface area contributed by atoms with Gasteiger partial charge in [-0.15, -0.1) is 0 Å². The van der Waals surface area contributed by atoms with Gasteiger partial charge in [0.05, 0.1) is 18.7 Å². The Balaban J connectivity index is 1.41. The molecule has 2 amide bonds. The highest BCUT2D eigenvalue weighted by Crippen LogP contribution is 2.57. The van der Waals surface area contributed by atoms with Gasteiger partial charge in [0.2, 0.25) is 5.91 Å². The van der Waals surface area contributed by atoms with Crippen LogP contribution in [0, 0.1) is 5.82 Å². The number of carbonyl (C=O) groups is 2. The third-order valence-corrected chi connectivity index (χ3v) is 7.49. The Labute approximate surface area is 224 Å². The number of aromatic nitrogens is 3. The van der Waals surface area contributed by atoms with Crippen LogP contribution >= 0.6 is 0 Å². The predicted molar refractivity (Wildman–Crippen MR) is 143 cm³/mol. The molecule has 11 heteroatoms. The molecular formula is C28H29FN6O4. The summed E-state index contributed by atoms with van der Waals surface area (Å²) < 4.78 is 20.9. The van der Waals surface area contributed by atoms with Crippen LogP contribution in [-0.2, 0) is 23.2 Å². The highest BCUT2D eigenvalue weighted by Gasteiger charge is 2.48. The normalized spacial score (nSPS) is 14.5. The van der Waals surface area contributed by atoms with Crippen molar-refractivity contribution >= 4 is 23.5 Å². The van der Waals surface area contributed by atoms with Crippen LogP contribution < -0.4 is 15.8 Å². The lowest BCUT2D eigenvalue weighted by Gasteiger charge is -2.18. The van der Waals surface area contributed by atoms with E-state index in [0.29, 0.717) is 5.56 Å². The van der Waals surface area contributed by atoms with Gasteiger partial charge in [-0.05, 0) is 66.5 Å². The molecule has 1 saturated carbocycles. The molecule has 2 aliphatic carbocycles. The SMILES string of the molecule is C=CC(=O)N(C)CCOc1c(N)ncnc1-c1ccnc(NC(=O)c2cc3c(cc2F)C2(CC3)CC2)c1CO. The van der Waals surface area contributed by atoms with Gasteiger partial charge in [-0.2, -0.15) is 0 Å². The molecule has 3 aromatic rings. The van der Waals surface area contributed by atoms with Crippen LogP contribution in [0.25, 0.3) is 11.3 Å². The van der Waals surface area contributed by atoms with Gasteiger partial charge in [0.15, 0.2) is 11.6 Å². The number of hydrogen-bond acceptors (Lipinski definition) is 8. The van der Waals surface area contributed by atoms with E-state index in [1.54, 1.807) is 19.2 Å². The Morgan fingerprint density at radius 1 is 1.28 bits per heavy atom. The fourth-order valence-corrected chi connectivity index (χ4v) is 5.10. The van der Waals surface area contributed by atoms with E-state index in [2.05, 4.69) is 26.8 Å². The number of nitrogens with one attached hydrogen (secondary N) is 1. The molecule has 0 atom stereocenters. The highest BCUT2D eigenvalue weighted by atomic mass is 19.1. The molecule has 5 rings (SSSR count). The van der Waals surface area contributed by atoms with Crippen LogP contribution in [0.3, 0.4) is 0 Å². The lowest BCUT2D eigenvalue weighted by molar-refractivity contribution is -0.125. The second kappa shape index (κ2) is 10.4. The van der Waals surface area contributed by atoms with Crippen molar-refractivity contribution in [3.05, 3.63) is 71.4 Å². The van der Waals surface area contributed by atoms with E-state index in [0.717, 1.165) is 36.8 Å². The summed E-state index contributed by atoms with van der Waals surface area (Å²) in [6.07, 6.45) is 7.80. The largest absolute Gasteiger partial charge is 0.486 e. The van der Waals surface area contributed by atoms with Crippen molar-refractivity contribution < 1.29 is 23.8 Å². The van der Waals surface area contributed by atoms with Crippen LogP contribution in [0.15, 0.2) is 43.4 Å². The molecule has 0 unspecified atom stereocenters. The van der Waals surface area contributed by atoms with Crippen LogP contribution in [0.2, 0.25) is 0 Å². The minimum atomic E-state index is -0.667. The number of ether oxygens (including phenoxy) is 1. The molecule has 2 aliphatic rings. The fraction of sp³-hybridized carbons (Fsp3) is 0.321. The minimum Gasteiger partial charge on any atom is -0.486 e. The fourth-order valence-electron chi connectivity index (χ4n) is 5.10. The highest BCUT2D eigenvalue weighted by molar-refractivity contribution is 6.05. The predicted octanol–water partition coefficient (Wildman–Crippen LogP) is 3.01. The van der Waals surface area contributed by atoms with E-state index in [4.69, 9.17) is 10.5 Å². The quantitative estimate of drug-likeness (QED) is 0.357. The van der Waals surface area contributed by atoms with Gasteiger partial charge in [-0.25, -0.2) is 19.3 Å². The maximum Gasteiger partial charge on any atom is 0.259 e. The number of amides is 2. The van der Waals surface area contributed by atoms with Gasteiger partial charge in [0.25, 0.3) is 5.91 Å². The topological polar surface area (TPSA) is 144 Å². The molecule has 0 aliphatic heterocycles. The van der Waals surface area contributed by atoms with Crippen molar-refractivity contribution in [1.82, 2.24) is 19.9 Å². The molecule has 0 saturated heterocycles. The van der Waals surface area contributed by atoms with E-state index in [1.165, 1.54) is 29.6 Å². The first-order chi connectivity index (χ1) is 18.8. The Kier molecular flexibility index (Phi) is 7.00. The van der Waals surface area contributed by atoms with E-state index in [1.807, 2.05) is 0 Å². The number of nitrogen functional groups attached to an aromatic ring is 1. The average Bonchev–Trinajstić information content (AvgIpc) is 3.65. The summed E-state index contributed by atoms with van der Waals surface area (Å²) >= 11 is 0. The number of rotatable bonds is 9. The van der Waals surface area contributed by atoms with Crippen LogP contribution in [-0.4, -0.2) is 57.0 Å². The van der Waals surface area contributed by atoms with E-state index in [-0.39, 0.29) is 58.7 Å². The van der Waals surface area contributed by atoms with Gasteiger partial charge >= 0.3 is 0 Å². The summed E-state index contributed by atoms with van der Waals surface area (Å²) in [4.78, 5) is 38.8. The Morgan fingerprint density at radius 2 is 2.08 bits per heavy atom. The number of aliphatic hydroxyl groups excluding tert-OH is 1. The van der Waals surface area contributed by atoms with Gasteiger partial charge < -0.3 is 25.8 Å². The number of nitrogens with two attached hydrogens (primary N) is 1. The van der Waals surface area contributed by atoms with Crippen molar-refractivity contribution in [2.75, 3.05) is 31.2 Å². The van der Waals surface area contributed by atoms with Crippen LogP contribution in [0.5, 0.6) is 5.75 Å². The number of carbonyl (C=O) groups excluding carboxylic acids is 2. The van der Waals surface area contributed by atoms with Crippen LogP contribution in [0.4, 0.5) is 16.0 Å². The monoisotopic (exact) mass is 532 g/mol. The molecule has 10 nitrogen and oxygen atoms in total. The second-order valence-electron chi connectivity index (χ2n) is 9.82. The summed E-state index contributed by atoms with van der Waals surface area (Å²) in [6, 6.07) is 4.71. The molecule has 202 valence electrons. The number of aryl methyl sites for hydroxylation is 1. The van der Waals surface area contributed by atoms with E-state index < -0.39 is 18.3 Å². The summed E-state index contributed by atoms with van der Waals surface area (Å²) in [5.74, 6) is -1.26. The van der Waals surface area contributed by atoms with Crippen LogP contribution in [0.1, 0.15) is 46.3 Å². The number of nitrogens with zero attached hydrogens (tertiary/aromatic N) is 4. The van der Waals surface area contributed by atoms with Gasteiger partial charge in [-0.1, -0.05) is 6.58 Å². The van der Waals surface area contributed by atoms with E-state index >= 15 is 4.39 Å². The summed E-state index contributed by atoms with van der Waals surface area (Å²) in [5.41, 5.74) is 9.01. The third-order valence-electron chi connectivity index (χ3n) is 7.49. The first-order valence-electron chi connectivity index (χ1n) is 12.6. The molecule has 1 aromatic carbocycles. The number of pyridine rings is 1. The third kappa shape index (κ3) is 4.92. The Bertz CT molecular complexity index is 1470. The number of hydrogen-bond donors (Lipinski definition) is 3. The molecule has 1 fully saturated rings. The number of halogens is 1. The number of fused-ring (bicyclic) bond motifs is 2. The molecule has 1 spiro atoms. The summed E-state index contributed by atoms with van der Waals surface area (Å²) in [6.45, 7) is 3.29. The second-order valence-corrected chi connectivity index (χ2v) is 9.82. The summed E-state index contributed by atoms with van der Waals surface area (Å²) in [5, 5.41) is 12.9. The molecule has 0 radical (unpaired) electrons. The minimum absolute atomic E-state index is 0.0534. The maximum atomic E-state index is 15.0. The molecule has 0 bridgehead atoms. The maximum absolute atomic E-state index is 15.0. The zero-order valence-electron chi connectivity index (χ0n) is 21.5. The smallest absolute Gasteiger partial charge is 0.259 e. The summed E-state index contributed by atoms with van der Waals surface area (Å²) in [7, 11) is 1.61. The first kappa shape index (κ1) is 26.2. The van der Waals surface area contributed by atoms with Gasteiger partial charge in [0.1, 0.15) is 30.3 Å². The van der Waals surface area contributed by atoms with Gasteiger partial charge in [0, 0.05) is 24.4 Å². The van der Waals surface area contributed by atoms with Crippen molar-refractivity contribution in [1.29, 1.82) is 0 Å². The molecule has 2 aromatic heterocycles. The molecule has 4 N–H and O–H groups in total. The number of aliphatic hydroxyl groups is 1. The van der Waals surface area contributed by atoms with Gasteiger partial charge in [-0.3, -0.25) is 9.59 Å². The standard InChI is InChI=1S/C28H29FN6O4/c1-3-22(37)35(2)10-11-39-24-23(32-15-33-25(24)30)17-5-9-31-26(19(17)14-36)34-27(38)18-12-16-4-6-28(7-8-28)20(16)13-21(18)29/h3,5,9,12-13,15,36H,1,4,6-8,10-11,14H2,2H3,(H2,30,32,33)(H,31,34,38). The molecular weight excluding hydrogens is 503 g/mol. The van der Waals surface area contributed by atoms with Crippen molar-refractivity contribution in [2.24, 2.45) is 0 Å².